The van der Waals surface area contributed by atoms with Crippen LogP contribution in [0.15, 0.2) is 54.7 Å². The predicted molar refractivity (Wildman–Crippen MR) is 92.8 cm³/mol. The molecule has 3 rings (SSSR count). The number of rotatable bonds is 5. The van der Waals surface area contributed by atoms with Crippen molar-refractivity contribution < 1.29 is 4.79 Å². The fraction of sp³-hybridized carbons (Fsp3) is 0.176. The van der Waals surface area contributed by atoms with E-state index in [0.29, 0.717) is 17.3 Å². The average Bonchev–Trinajstić information content (AvgIpc) is 2.97. The molecule has 1 aromatic heterocycles. The molecule has 23 heavy (non-hydrogen) atoms. The number of anilines is 1. The summed E-state index contributed by atoms with van der Waals surface area (Å²) in [4.78, 5) is 11.8. The number of carbonyl (C=O) groups is 1. The molecule has 2 N–H and O–H groups in total. The standard InChI is InChI=1S/C17H17ClN4O/c18-14-6-8-15(9-7-14)21-17(23)19-10-3-11-22-16-5-2-1-4-13(16)12-20-22/h1-2,4-9,12H,3,10-11H2,(H2,19,21,23). The van der Waals surface area contributed by atoms with Crippen molar-refractivity contribution in [2.24, 2.45) is 0 Å². The van der Waals surface area contributed by atoms with Gasteiger partial charge in [0.05, 0.1) is 11.7 Å². The number of nitrogens with one attached hydrogen (secondary N) is 2. The van der Waals surface area contributed by atoms with Crippen LogP contribution in [0.1, 0.15) is 6.42 Å². The smallest absolute Gasteiger partial charge is 0.319 e. The third kappa shape index (κ3) is 4.02. The van der Waals surface area contributed by atoms with E-state index in [1.165, 1.54) is 0 Å². The van der Waals surface area contributed by atoms with E-state index >= 15 is 0 Å². The van der Waals surface area contributed by atoms with Gasteiger partial charge in [-0.1, -0.05) is 29.8 Å². The molecule has 0 fully saturated rings. The van der Waals surface area contributed by atoms with E-state index in [-0.39, 0.29) is 6.03 Å². The number of aromatic nitrogens is 2. The van der Waals surface area contributed by atoms with Crippen molar-refractivity contribution in [2.45, 2.75) is 13.0 Å². The summed E-state index contributed by atoms with van der Waals surface area (Å²) in [6.45, 7) is 1.34. The number of nitrogens with zero attached hydrogens (tertiary/aromatic N) is 2. The maximum absolute atomic E-state index is 11.8. The molecule has 0 unspecified atom stereocenters. The van der Waals surface area contributed by atoms with Gasteiger partial charge in [0, 0.05) is 29.2 Å². The first-order valence-electron chi connectivity index (χ1n) is 7.43. The van der Waals surface area contributed by atoms with Crippen molar-refractivity contribution in [3.05, 3.63) is 59.8 Å². The van der Waals surface area contributed by atoms with E-state index in [4.69, 9.17) is 11.6 Å². The summed E-state index contributed by atoms with van der Waals surface area (Å²) in [6, 6.07) is 14.8. The minimum Gasteiger partial charge on any atom is -0.338 e. The second-order valence-corrected chi connectivity index (χ2v) is 5.60. The fourth-order valence-corrected chi connectivity index (χ4v) is 2.47. The van der Waals surface area contributed by atoms with Crippen LogP contribution in [0.2, 0.25) is 5.02 Å². The maximum Gasteiger partial charge on any atom is 0.319 e. The predicted octanol–water partition coefficient (Wildman–Crippen LogP) is 3.90. The monoisotopic (exact) mass is 328 g/mol. The van der Waals surface area contributed by atoms with Crippen LogP contribution in [0.3, 0.4) is 0 Å². The molecule has 0 radical (unpaired) electrons. The number of benzene rings is 2. The molecule has 0 saturated carbocycles. The van der Waals surface area contributed by atoms with Crippen molar-refractivity contribution in [3.8, 4) is 0 Å². The zero-order valence-electron chi connectivity index (χ0n) is 12.5. The van der Waals surface area contributed by atoms with Gasteiger partial charge in [-0.2, -0.15) is 5.10 Å². The van der Waals surface area contributed by atoms with Gasteiger partial charge in [-0.25, -0.2) is 4.79 Å². The first kappa shape index (κ1) is 15.4. The summed E-state index contributed by atoms with van der Waals surface area (Å²) in [6.07, 6.45) is 2.66. The molecule has 0 aliphatic heterocycles. The number of aryl methyl sites for hydroxylation is 1. The van der Waals surface area contributed by atoms with E-state index in [9.17, 15) is 4.79 Å². The normalized spacial score (nSPS) is 10.7. The van der Waals surface area contributed by atoms with Crippen LogP contribution < -0.4 is 10.6 Å². The number of amides is 2. The summed E-state index contributed by atoms with van der Waals surface area (Å²) in [5, 5.41) is 11.7. The topological polar surface area (TPSA) is 59.0 Å². The van der Waals surface area contributed by atoms with Crippen LogP contribution in [-0.2, 0) is 6.54 Å². The lowest BCUT2D eigenvalue weighted by Gasteiger charge is -2.08. The molecule has 2 amide bonds. The van der Waals surface area contributed by atoms with Gasteiger partial charge in [-0.05, 0) is 36.8 Å². The van der Waals surface area contributed by atoms with Crippen molar-refractivity contribution in [3.63, 3.8) is 0 Å². The first-order valence-corrected chi connectivity index (χ1v) is 7.81. The van der Waals surface area contributed by atoms with Crippen molar-refractivity contribution in [1.29, 1.82) is 0 Å². The third-order valence-corrected chi connectivity index (χ3v) is 3.74. The van der Waals surface area contributed by atoms with Crippen LogP contribution in [-0.4, -0.2) is 22.4 Å². The highest BCUT2D eigenvalue weighted by molar-refractivity contribution is 6.30. The molecular weight excluding hydrogens is 312 g/mol. The van der Waals surface area contributed by atoms with Gasteiger partial charge in [-0.3, -0.25) is 4.68 Å². The van der Waals surface area contributed by atoms with Crippen molar-refractivity contribution in [2.75, 3.05) is 11.9 Å². The molecule has 0 aliphatic rings. The Morgan fingerprint density at radius 1 is 1.13 bits per heavy atom. The molecule has 0 bridgehead atoms. The number of para-hydroxylation sites is 1. The number of carbonyl (C=O) groups excluding carboxylic acids is 1. The van der Waals surface area contributed by atoms with E-state index < -0.39 is 0 Å². The summed E-state index contributed by atoms with van der Waals surface area (Å²) in [5.41, 5.74) is 1.82. The Hall–Kier alpha value is -2.53. The Balaban J connectivity index is 1.44. The fourth-order valence-electron chi connectivity index (χ4n) is 2.34. The lowest BCUT2D eigenvalue weighted by Crippen LogP contribution is -2.30. The number of hydrogen-bond acceptors (Lipinski definition) is 2. The molecule has 1 heterocycles. The SMILES string of the molecule is O=C(NCCCn1ncc2ccccc21)Nc1ccc(Cl)cc1. The zero-order chi connectivity index (χ0) is 16.1. The summed E-state index contributed by atoms with van der Waals surface area (Å²) in [5.74, 6) is 0. The van der Waals surface area contributed by atoms with Gasteiger partial charge in [0.2, 0.25) is 0 Å². The highest BCUT2D eigenvalue weighted by Gasteiger charge is 2.03. The van der Waals surface area contributed by atoms with Crippen LogP contribution in [0.25, 0.3) is 10.9 Å². The maximum atomic E-state index is 11.8. The molecule has 0 spiro atoms. The molecular formula is C17H17ClN4O. The number of hydrogen-bond donors (Lipinski definition) is 2. The Kier molecular flexibility index (Phi) is 4.78. The van der Waals surface area contributed by atoms with Gasteiger partial charge < -0.3 is 10.6 Å². The van der Waals surface area contributed by atoms with Crippen LogP contribution in [0.4, 0.5) is 10.5 Å². The minimum atomic E-state index is -0.224. The summed E-state index contributed by atoms with van der Waals surface area (Å²) >= 11 is 5.80. The van der Waals surface area contributed by atoms with Gasteiger partial charge in [-0.15, -0.1) is 0 Å². The first-order chi connectivity index (χ1) is 11.2. The van der Waals surface area contributed by atoms with Gasteiger partial charge in [0.1, 0.15) is 0 Å². The summed E-state index contributed by atoms with van der Waals surface area (Å²) in [7, 11) is 0. The average molecular weight is 329 g/mol. The molecule has 0 saturated heterocycles. The molecule has 6 heteroatoms. The zero-order valence-corrected chi connectivity index (χ0v) is 13.3. The van der Waals surface area contributed by atoms with Gasteiger partial charge >= 0.3 is 6.03 Å². The summed E-state index contributed by atoms with van der Waals surface area (Å²) < 4.78 is 1.95. The second kappa shape index (κ2) is 7.15. The van der Waals surface area contributed by atoms with Crippen LogP contribution >= 0.6 is 11.6 Å². The van der Waals surface area contributed by atoms with E-state index in [2.05, 4.69) is 15.7 Å². The van der Waals surface area contributed by atoms with Crippen LogP contribution in [0.5, 0.6) is 0 Å². The largest absolute Gasteiger partial charge is 0.338 e. The molecule has 0 aliphatic carbocycles. The lowest BCUT2D eigenvalue weighted by atomic mass is 10.2. The molecule has 118 valence electrons. The molecule has 5 nitrogen and oxygen atoms in total. The Bertz CT molecular complexity index is 798. The molecule has 3 aromatic rings. The van der Waals surface area contributed by atoms with E-state index in [1.54, 1.807) is 24.3 Å². The highest BCUT2D eigenvalue weighted by Crippen LogP contribution is 2.13. The van der Waals surface area contributed by atoms with Crippen molar-refractivity contribution >= 4 is 34.2 Å². The van der Waals surface area contributed by atoms with Gasteiger partial charge in [0.15, 0.2) is 0 Å². The lowest BCUT2D eigenvalue weighted by molar-refractivity contribution is 0.251. The van der Waals surface area contributed by atoms with Gasteiger partial charge in [0.25, 0.3) is 0 Å². The van der Waals surface area contributed by atoms with Crippen LogP contribution in [0, 0.1) is 0 Å². The third-order valence-electron chi connectivity index (χ3n) is 3.49. The number of urea groups is 1. The molecule has 2 aromatic carbocycles. The Morgan fingerprint density at radius 3 is 2.74 bits per heavy atom. The Labute approximate surface area is 139 Å². The minimum absolute atomic E-state index is 0.224. The van der Waals surface area contributed by atoms with E-state index in [0.717, 1.165) is 23.9 Å². The molecule has 0 atom stereocenters. The highest BCUT2D eigenvalue weighted by atomic mass is 35.5. The Morgan fingerprint density at radius 2 is 1.91 bits per heavy atom. The second-order valence-electron chi connectivity index (χ2n) is 5.17. The number of fused-ring (bicyclic) bond motifs is 1. The van der Waals surface area contributed by atoms with E-state index in [1.807, 2.05) is 35.1 Å². The number of halogens is 1. The quantitative estimate of drug-likeness (QED) is 0.698. The van der Waals surface area contributed by atoms with Crippen molar-refractivity contribution in [1.82, 2.24) is 15.1 Å².